The van der Waals surface area contributed by atoms with Gasteiger partial charge in [-0.3, -0.25) is 0 Å². The molecule has 4 heterocycles. The zero-order valence-electron chi connectivity index (χ0n) is 52.0. The highest BCUT2D eigenvalue weighted by Gasteiger charge is 2.34. The van der Waals surface area contributed by atoms with E-state index < -0.39 is 0 Å². The molecular formula is C91H56N4O. The lowest BCUT2D eigenvalue weighted by atomic mass is 10.00. The highest BCUT2D eigenvalue weighted by atomic mass is 16.3. The molecule has 15 aromatic carbocycles. The zero-order valence-corrected chi connectivity index (χ0v) is 52.0. The first-order valence-corrected chi connectivity index (χ1v) is 32.7. The Morgan fingerprint density at radius 3 is 0.781 bits per heavy atom. The Balaban J connectivity index is 1.04. The van der Waals surface area contributed by atoms with Crippen LogP contribution in [-0.4, -0.2) is 13.7 Å². The molecule has 0 unspecified atom stereocenters. The van der Waals surface area contributed by atoms with Gasteiger partial charge in [0.1, 0.15) is 5.58 Å². The van der Waals surface area contributed by atoms with Crippen LogP contribution in [0.25, 0.3) is 187 Å². The average molecular weight is 1220 g/mol. The summed E-state index contributed by atoms with van der Waals surface area (Å²) in [6.45, 7) is 10.3. The summed E-state index contributed by atoms with van der Waals surface area (Å²) in [7, 11) is 0. The van der Waals surface area contributed by atoms with Gasteiger partial charge in [0.15, 0.2) is 5.58 Å². The molecule has 5 nitrogen and oxygen atoms in total. The first kappa shape index (κ1) is 54.7. The Hall–Kier alpha value is -13.0. The van der Waals surface area contributed by atoms with Gasteiger partial charge in [-0.05, 0) is 145 Å². The SMILES string of the molecule is [C-]#[N+]c1c(-n2c3ccc(-c4ccccc4)cc3c3cc(-c4ccccc4)ccc32)c(-n2c3ccc(-c4ccccc4)cc3c3cc(-c4ccccc4)ccc32)c2c(oc3c(-c4ccccc4)cccc32)c1-n1c2ccc(-c3ccccc3)cc2c2cc(-c3ccccc3)ccc21. The van der Waals surface area contributed by atoms with E-state index in [0.29, 0.717) is 17.0 Å². The molecular weight excluding hydrogens is 1170 g/mol. The molecule has 5 heteroatoms. The summed E-state index contributed by atoms with van der Waals surface area (Å²) in [6, 6.07) is 122. The van der Waals surface area contributed by atoms with Crippen LogP contribution in [0.2, 0.25) is 0 Å². The minimum atomic E-state index is 0.436. The molecule has 0 radical (unpaired) electrons. The van der Waals surface area contributed by atoms with Crippen molar-refractivity contribution in [1.29, 1.82) is 0 Å². The molecule has 0 aliphatic heterocycles. The van der Waals surface area contributed by atoms with E-state index in [1.54, 1.807) is 0 Å². The van der Waals surface area contributed by atoms with Crippen molar-refractivity contribution >= 4 is 93.0 Å². The van der Waals surface area contributed by atoms with Crippen LogP contribution in [-0.2, 0) is 0 Å². The second-order valence-corrected chi connectivity index (χ2v) is 25.0. The lowest BCUT2D eigenvalue weighted by Gasteiger charge is -2.23. The lowest BCUT2D eigenvalue weighted by Crippen LogP contribution is -2.08. The van der Waals surface area contributed by atoms with Crippen LogP contribution in [0.5, 0.6) is 0 Å². The van der Waals surface area contributed by atoms with E-state index in [4.69, 9.17) is 9.26 Å². The number of hydrogen-bond acceptors (Lipinski definition) is 1. The number of hydrogen-bond donors (Lipinski definition) is 0. The molecule has 446 valence electrons. The summed E-state index contributed by atoms with van der Waals surface area (Å²) in [5, 5.41) is 8.23. The maximum absolute atomic E-state index is 10.3. The molecule has 0 fully saturated rings. The Labute approximate surface area is 553 Å². The van der Waals surface area contributed by atoms with E-state index in [1.165, 1.54) is 0 Å². The third kappa shape index (κ3) is 8.63. The van der Waals surface area contributed by atoms with Crippen molar-refractivity contribution in [2.75, 3.05) is 0 Å². The molecule has 0 aliphatic carbocycles. The van der Waals surface area contributed by atoms with E-state index in [1.807, 2.05) is 0 Å². The van der Waals surface area contributed by atoms with Gasteiger partial charge in [-0.15, -0.1) is 0 Å². The van der Waals surface area contributed by atoms with Gasteiger partial charge in [0.2, 0.25) is 5.69 Å². The molecule has 19 rings (SSSR count). The normalized spacial score (nSPS) is 11.7. The molecule has 0 N–H and O–H groups in total. The highest BCUT2D eigenvalue weighted by molar-refractivity contribution is 6.25. The molecule has 19 aromatic rings. The van der Waals surface area contributed by atoms with Crippen molar-refractivity contribution in [3.8, 4) is 95.0 Å². The molecule has 96 heavy (non-hydrogen) atoms. The van der Waals surface area contributed by atoms with Crippen LogP contribution in [0.4, 0.5) is 5.69 Å². The van der Waals surface area contributed by atoms with Gasteiger partial charge >= 0.3 is 0 Å². The Kier molecular flexibility index (Phi) is 12.6. The first-order valence-electron chi connectivity index (χ1n) is 32.7. The van der Waals surface area contributed by atoms with Crippen molar-refractivity contribution in [2.24, 2.45) is 0 Å². The summed E-state index contributed by atoms with van der Waals surface area (Å²) in [5.74, 6) is 0. The molecule has 0 spiro atoms. The van der Waals surface area contributed by atoms with Gasteiger partial charge in [0.05, 0.1) is 62.1 Å². The van der Waals surface area contributed by atoms with E-state index in [2.05, 4.69) is 353 Å². The van der Waals surface area contributed by atoms with Crippen LogP contribution in [0, 0.1) is 6.57 Å². The number of benzene rings is 15. The standard InChI is InChI=1S/C91H56N4O/c1-92-86-88(94-81-48-42-67(60-28-13-4-14-29-60)54-75(81)76-55-68(43-49-82(76)94)61-30-15-5-16-31-61)87(93-79-46-40-65(58-24-9-2-10-25-58)52-73(79)74-53-66(41-47-80(74)93)59-26-11-3-12-27-59)85-72-39-23-38-71(64-36-21-8-22-37-64)90(72)96-91(85)89(86)95-83-50-44-69(62-32-17-6-18-33-62)56-77(83)78-57-70(45-51-84(78)95)63-34-19-7-20-35-63/h2-57H. The third-order valence-electron chi connectivity index (χ3n) is 19.6. The summed E-state index contributed by atoms with van der Waals surface area (Å²) in [5.41, 5.74) is 25.1. The van der Waals surface area contributed by atoms with Crippen molar-refractivity contribution < 1.29 is 4.42 Å². The van der Waals surface area contributed by atoms with Crippen LogP contribution < -0.4 is 0 Å². The fraction of sp³-hybridized carbons (Fsp3) is 0. The van der Waals surface area contributed by atoms with Gasteiger partial charge in [0.25, 0.3) is 0 Å². The number of para-hydroxylation sites is 1. The van der Waals surface area contributed by atoms with Crippen molar-refractivity contribution in [2.45, 2.75) is 0 Å². The molecule has 0 saturated carbocycles. The lowest BCUT2D eigenvalue weighted by molar-refractivity contribution is 0.667. The monoisotopic (exact) mass is 1220 g/mol. The fourth-order valence-electron chi connectivity index (χ4n) is 15.2. The maximum atomic E-state index is 10.3. The summed E-state index contributed by atoms with van der Waals surface area (Å²) >= 11 is 0. The highest BCUT2D eigenvalue weighted by Crippen LogP contribution is 2.55. The summed E-state index contributed by atoms with van der Waals surface area (Å²) in [6.07, 6.45) is 0. The maximum Gasteiger partial charge on any atom is 0.239 e. The van der Waals surface area contributed by atoms with E-state index >= 15 is 0 Å². The topological polar surface area (TPSA) is 32.3 Å². The molecule has 0 saturated heterocycles. The predicted molar refractivity (Wildman–Crippen MR) is 401 cm³/mol. The molecule has 0 bridgehead atoms. The van der Waals surface area contributed by atoms with Gasteiger partial charge in [-0.25, -0.2) is 4.85 Å². The van der Waals surface area contributed by atoms with Crippen LogP contribution in [0.15, 0.2) is 344 Å². The predicted octanol–water partition coefficient (Wildman–Crippen LogP) is 25.1. The Bertz CT molecular complexity index is 6050. The molecule has 0 atom stereocenters. The van der Waals surface area contributed by atoms with E-state index in [9.17, 15) is 6.57 Å². The van der Waals surface area contributed by atoms with E-state index in [-0.39, 0.29) is 0 Å². The van der Waals surface area contributed by atoms with E-state index in [0.717, 1.165) is 171 Å². The number of fused-ring (bicyclic) bond motifs is 12. The van der Waals surface area contributed by atoms with Crippen molar-refractivity contribution in [3.63, 3.8) is 0 Å². The average Bonchev–Trinajstić information content (AvgIpc) is 1.51. The van der Waals surface area contributed by atoms with Crippen LogP contribution >= 0.6 is 0 Å². The minimum Gasteiger partial charge on any atom is -0.454 e. The van der Waals surface area contributed by atoms with Gasteiger partial charge in [0, 0.05) is 43.3 Å². The number of rotatable bonds is 10. The van der Waals surface area contributed by atoms with Gasteiger partial charge < -0.3 is 18.1 Å². The molecule has 0 aliphatic rings. The minimum absolute atomic E-state index is 0.436. The fourth-order valence-corrected chi connectivity index (χ4v) is 15.2. The molecule has 4 aromatic heterocycles. The second kappa shape index (κ2) is 22.1. The van der Waals surface area contributed by atoms with Crippen molar-refractivity contribution in [1.82, 2.24) is 13.7 Å². The van der Waals surface area contributed by atoms with Crippen LogP contribution in [0.3, 0.4) is 0 Å². The summed E-state index contributed by atoms with van der Waals surface area (Å²) in [4.78, 5) is 5.04. The quantitative estimate of drug-likeness (QED) is 0.126. The van der Waals surface area contributed by atoms with Gasteiger partial charge in [-0.2, -0.15) is 0 Å². The third-order valence-corrected chi connectivity index (χ3v) is 19.6. The number of aromatic nitrogens is 3. The molecule has 0 amide bonds. The zero-order chi connectivity index (χ0) is 63.4. The summed E-state index contributed by atoms with van der Waals surface area (Å²) < 4.78 is 15.2. The van der Waals surface area contributed by atoms with Crippen molar-refractivity contribution in [3.05, 3.63) is 351 Å². The number of nitrogens with zero attached hydrogens (tertiary/aromatic N) is 4. The second-order valence-electron chi connectivity index (χ2n) is 25.0. The Morgan fingerprint density at radius 1 is 0.219 bits per heavy atom. The largest absolute Gasteiger partial charge is 0.454 e. The van der Waals surface area contributed by atoms with Gasteiger partial charge in [-0.1, -0.05) is 267 Å². The van der Waals surface area contributed by atoms with Crippen LogP contribution in [0.1, 0.15) is 0 Å². The first-order chi connectivity index (χ1) is 47.6. The number of furan rings is 1. The smallest absolute Gasteiger partial charge is 0.239 e. The Morgan fingerprint density at radius 2 is 0.490 bits per heavy atom.